The Morgan fingerprint density at radius 1 is 1.29 bits per heavy atom. The normalized spacial score (nSPS) is 15.4. The van der Waals surface area contributed by atoms with Gasteiger partial charge in [0.2, 0.25) is 0 Å². The van der Waals surface area contributed by atoms with Crippen LogP contribution in [-0.4, -0.2) is 11.0 Å². The van der Waals surface area contributed by atoms with Gasteiger partial charge in [0.15, 0.2) is 10.9 Å². The number of nitrogens with one attached hydrogen (secondary N) is 2. The Bertz CT molecular complexity index is 1310. The molecular weight excluding hydrogens is 486 g/mol. The Kier molecular flexibility index (Phi) is 6.86. The largest absolute Gasteiger partial charge is 0.451 e. The molecule has 1 aliphatic rings. The molecule has 34 heavy (non-hydrogen) atoms. The lowest BCUT2D eigenvalue weighted by Crippen LogP contribution is -2.33. The summed E-state index contributed by atoms with van der Waals surface area (Å²) < 4.78 is 5.72. The maximum Gasteiger partial charge on any atom is 0.293 e. The van der Waals surface area contributed by atoms with E-state index in [-0.39, 0.29) is 16.3 Å². The van der Waals surface area contributed by atoms with Crippen molar-refractivity contribution in [1.82, 2.24) is 5.32 Å². The zero-order chi connectivity index (χ0) is 24.6. The molecule has 1 aromatic carbocycles. The highest BCUT2D eigenvalue weighted by molar-refractivity contribution is 7.80. The minimum atomic E-state index is -0.463. The van der Waals surface area contributed by atoms with Crippen LogP contribution in [0, 0.1) is 29.6 Å². The predicted molar refractivity (Wildman–Crippen MR) is 142 cm³/mol. The third kappa shape index (κ3) is 5.05. The third-order valence-corrected chi connectivity index (χ3v) is 8.12. The second-order valence-corrected chi connectivity index (χ2v) is 11.6. The van der Waals surface area contributed by atoms with Gasteiger partial charge in [-0.15, -0.1) is 11.3 Å². The average molecular weight is 512 g/mol. The van der Waals surface area contributed by atoms with Crippen LogP contribution in [0.4, 0.5) is 5.00 Å². The topological polar surface area (TPSA) is 78.1 Å². The van der Waals surface area contributed by atoms with Gasteiger partial charge in [-0.3, -0.25) is 10.1 Å². The maximum atomic E-state index is 12.7. The van der Waals surface area contributed by atoms with E-state index in [0.717, 1.165) is 36.0 Å². The molecule has 5 nitrogen and oxygen atoms in total. The van der Waals surface area contributed by atoms with E-state index >= 15 is 0 Å². The fourth-order valence-electron chi connectivity index (χ4n) is 4.19. The van der Waals surface area contributed by atoms with E-state index in [9.17, 15) is 10.1 Å². The summed E-state index contributed by atoms with van der Waals surface area (Å²) in [7, 11) is 0. The van der Waals surface area contributed by atoms with E-state index in [4.69, 9.17) is 28.2 Å². The predicted octanol–water partition coefficient (Wildman–Crippen LogP) is 7.12. The second-order valence-electron chi connectivity index (χ2n) is 9.66. The van der Waals surface area contributed by atoms with Crippen LogP contribution in [-0.2, 0) is 12.8 Å². The van der Waals surface area contributed by atoms with Crippen molar-refractivity contribution in [3.8, 4) is 17.4 Å². The van der Waals surface area contributed by atoms with Crippen LogP contribution in [0.15, 0.2) is 34.7 Å². The number of nitrogens with zero attached hydrogens (tertiary/aromatic N) is 1. The molecule has 0 saturated carbocycles. The molecule has 2 N–H and O–H groups in total. The molecule has 3 aromatic rings. The molecular formula is C26H26ClN3O2S2. The Hall–Kier alpha value is -2.66. The molecule has 0 saturated heterocycles. The van der Waals surface area contributed by atoms with Crippen LogP contribution in [0.1, 0.15) is 59.3 Å². The van der Waals surface area contributed by atoms with Gasteiger partial charge in [0.25, 0.3) is 5.91 Å². The Balaban J connectivity index is 1.45. The zero-order valence-electron chi connectivity index (χ0n) is 19.5. The number of fused-ring (bicyclic) bond motifs is 1. The number of rotatable bonds is 3. The highest BCUT2D eigenvalue weighted by atomic mass is 35.5. The third-order valence-electron chi connectivity index (χ3n) is 6.34. The molecule has 2 aromatic heterocycles. The number of hydrogen-bond donors (Lipinski definition) is 2. The molecule has 176 valence electrons. The fraction of sp³-hybridized carbons (Fsp3) is 0.346. The van der Waals surface area contributed by atoms with Gasteiger partial charge in [0.05, 0.1) is 5.56 Å². The summed E-state index contributed by atoms with van der Waals surface area (Å²) in [6.07, 6.45) is 2.91. The second kappa shape index (κ2) is 9.53. The lowest BCUT2D eigenvalue weighted by molar-refractivity contribution is 0.0951. The molecule has 0 radical (unpaired) electrons. The first-order valence-corrected chi connectivity index (χ1v) is 12.7. The number of thiophene rings is 1. The molecule has 0 aliphatic heterocycles. The standard InChI is InChI=1S/C26H26ClN3O2S2/c1-14-5-6-15(11-19(14)27)20-9-10-21(32-20)23(31)29-25(33)30-24-18(13-28)17-8-7-16(26(2,3)4)12-22(17)34-24/h5-6,9-11,16H,7-8,12H2,1-4H3,(H2,29,30,31,33)/t16-/m0/s1. The quantitative estimate of drug-likeness (QED) is 0.366. The van der Waals surface area contributed by atoms with E-state index in [1.54, 1.807) is 29.5 Å². The molecule has 2 heterocycles. The number of hydrogen-bond acceptors (Lipinski definition) is 5. The molecule has 0 spiro atoms. The molecule has 1 aliphatic carbocycles. The van der Waals surface area contributed by atoms with Gasteiger partial charge >= 0.3 is 0 Å². The van der Waals surface area contributed by atoms with Crippen molar-refractivity contribution in [2.45, 2.75) is 47.0 Å². The van der Waals surface area contributed by atoms with E-state index < -0.39 is 5.91 Å². The van der Waals surface area contributed by atoms with Gasteiger partial charge in [0, 0.05) is 15.5 Å². The monoisotopic (exact) mass is 511 g/mol. The van der Waals surface area contributed by atoms with Crippen molar-refractivity contribution in [3.63, 3.8) is 0 Å². The number of carbonyl (C=O) groups excluding carboxylic acids is 1. The minimum absolute atomic E-state index is 0.129. The summed E-state index contributed by atoms with van der Waals surface area (Å²) in [6.45, 7) is 8.71. The smallest absolute Gasteiger partial charge is 0.293 e. The highest BCUT2D eigenvalue weighted by Crippen LogP contribution is 2.44. The number of carbonyl (C=O) groups is 1. The lowest BCUT2D eigenvalue weighted by Gasteiger charge is -2.33. The number of thiocarbonyl (C=S) groups is 1. The Labute approximate surface area is 214 Å². The van der Waals surface area contributed by atoms with Crippen molar-refractivity contribution < 1.29 is 9.21 Å². The van der Waals surface area contributed by atoms with Crippen LogP contribution < -0.4 is 10.6 Å². The van der Waals surface area contributed by atoms with Crippen molar-refractivity contribution in [2.75, 3.05) is 5.32 Å². The van der Waals surface area contributed by atoms with Crippen molar-refractivity contribution in [1.29, 1.82) is 5.26 Å². The van der Waals surface area contributed by atoms with Crippen LogP contribution >= 0.6 is 35.2 Å². The van der Waals surface area contributed by atoms with Crippen molar-refractivity contribution in [3.05, 3.63) is 62.7 Å². The van der Waals surface area contributed by atoms with Gasteiger partial charge in [-0.05, 0) is 79.1 Å². The molecule has 0 fully saturated rings. The van der Waals surface area contributed by atoms with E-state index in [2.05, 4.69) is 37.5 Å². The van der Waals surface area contributed by atoms with Crippen LogP contribution in [0.3, 0.4) is 0 Å². The first-order chi connectivity index (χ1) is 16.1. The van der Waals surface area contributed by atoms with Gasteiger partial charge < -0.3 is 9.73 Å². The maximum absolute atomic E-state index is 12.7. The number of nitriles is 1. The van der Waals surface area contributed by atoms with Crippen molar-refractivity contribution >= 4 is 51.2 Å². The number of furan rings is 1. The van der Waals surface area contributed by atoms with Crippen LogP contribution in [0.2, 0.25) is 5.02 Å². The Morgan fingerprint density at radius 3 is 2.74 bits per heavy atom. The lowest BCUT2D eigenvalue weighted by atomic mass is 9.72. The van der Waals surface area contributed by atoms with E-state index in [0.29, 0.717) is 27.3 Å². The first kappa shape index (κ1) is 24.5. The SMILES string of the molecule is Cc1ccc(-c2ccc(C(=O)NC(=S)Nc3sc4c(c3C#N)CC[C@H](C(C)(C)C)C4)o2)cc1Cl. The minimum Gasteiger partial charge on any atom is -0.451 e. The molecule has 0 unspecified atom stereocenters. The highest BCUT2D eigenvalue weighted by Gasteiger charge is 2.32. The van der Waals surface area contributed by atoms with Crippen LogP contribution in [0.5, 0.6) is 0 Å². The van der Waals surface area contributed by atoms with Gasteiger partial charge in [0.1, 0.15) is 16.8 Å². The van der Waals surface area contributed by atoms with Crippen LogP contribution in [0.25, 0.3) is 11.3 Å². The molecule has 1 amide bonds. The van der Waals surface area contributed by atoms with E-state index in [1.165, 1.54) is 4.88 Å². The summed E-state index contributed by atoms with van der Waals surface area (Å²) in [5, 5.41) is 16.9. The zero-order valence-corrected chi connectivity index (χ0v) is 21.9. The summed E-state index contributed by atoms with van der Waals surface area (Å²) >= 11 is 13.1. The average Bonchev–Trinajstić information content (AvgIpc) is 3.39. The Morgan fingerprint density at radius 2 is 2.06 bits per heavy atom. The number of aryl methyl sites for hydroxylation is 1. The first-order valence-electron chi connectivity index (χ1n) is 11.1. The molecule has 1 atom stereocenters. The van der Waals surface area contributed by atoms with E-state index in [1.807, 2.05) is 19.1 Å². The van der Waals surface area contributed by atoms with Gasteiger partial charge in [-0.1, -0.05) is 44.5 Å². The number of benzene rings is 1. The summed E-state index contributed by atoms with van der Waals surface area (Å²) in [6, 6.07) is 11.2. The van der Waals surface area contributed by atoms with Gasteiger partial charge in [-0.2, -0.15) is 5.26 Å². The van der Waals surface area contributed by atoms with Gasteiger partial charge in [-0.25, -0.2) is 0 Å². The summed E-state index contributed by atoms with van der Waals surface area (Å²) in [4.78, 5) is 13.9. The fourth-order valence-corrected chi connectivity index (χ4v) is 5.91. The van der Waals surface area contributed by atoms with Crippen molar-refractivity contribution in [2.24, 2.45) is 11.3 Å². The number of halogens is 1. The summed E-state index contributed by atoms with van der Waals surface area (Å²) in [5.74, 6) is 0.780. The molecule has 4 rings (SSSR count). The molecule has 0 bridgehead atoms. The summed E-state index contributed by atoms with van der Waals surface area (Å²) in [5.41, 5.74) is 3.70. The molecule has 8 heteroatoms. The number of amides is 1. The number of anilines is 1.